The van der Waals surface area contributed by atoms with E-state index in [1.54, 1.807) is 18.2 Å². The summed E-state index contributed by atoms with van der Waals surface area (Å²) in [6, 6.07) is 15.1. The van der Waals surface area contributed by atoms with Crippen LogP contribution in [-0.2, 0) is 6.54 Å². The fourth-order valence-electron chi connectivity index (χ4n) is 2.86. The summed E-state index contributed by atoms with van der Waals surface area (Å²) in [4.78, 5) is 16.8. The van der Waals surface area contributed by atoms with Crippen molar-refractivity contribution in [3.63, 3.8) is 0 Å². The van der Waals surface area contributed by atoms with Crippen molar-refractivity contribution in [1.29, 1.82) is 0 Å². The van der Waals surface area contributed by atoms with E-state index in [-0.39, 0.29) is 5.78 Å². The van der Waals surface area contributed by atoms with Gasteiger partial charge in [-0.3, -0.25) is 9.69 Å². The highest BCUT2D eigenvalue weighted by molar-refractivity contribution is 6.34. The molecule has 0 radical (unpaired) electrons. The van der Waals surface area contributed by atoms with E-state index in [4.69, 9.17) is 23.2 Å². The van der Waals surface area contributed by atoms with E-state index >= 15 is 0 Å². The van der Waals surface area contributed by atoms with Crippen LogP contribution in [0.1, 0.15) is 15.9 Å². The lowest BCUT2D eigenvalue weighted by atomic mass is 10.1. The predicted molar refractivity (Wildman–Crippen MR) is 103 cm³/mol. The van der Waals surface area contributed by atoms with Gasteiger partial charge in [-0.15, -0.1) is 0 Å². The SMILES string of the molecule is O=C(C=CN1CCN(Cc2ccccc2Cl)CC1)c1ccccc1Cl. The molecule has 0 amide bonds. The largest absolute Gasteiger partial charge is 0.375 e. The van der Waals surface area contributed by atoms with Gasteiger partial charge in [0.25, 0.3) is 0 Å². The van der Waals surface area contributed by atoms with Crippen molar-refractivity contribution in [1.82, 2.24) is 9.80 Å². The first-order valence-electron chi connectivity index (χ1n) is 8.30. The van der Waals surface area contributed by atoms with Crippen LogP contribution in [0.2, 0.25) is 10.0 Å². The van der Waals surface area contributed by atoms with Crippen molar-refractivity contribution in [2.45, 2.75) is 6.54 Å². The van der Waals surface area contributed by atoms with Gasteiger partial charge in [0, 0.05) is 55.6 Å². The summed E-state index contributed by atoms with van der Waals surface area (Å²) < 4.78 is 0. The first kappa shape index (κ1) is 18.0. The van der Waals surface area contributed by atoms with Crippen LogP contribution in [0.15, 0.2) is 60.8 Å². The monoisotopic (exact) mass is 374 g/mol. The second-order valence-electron chi connectivity index (χ2n) is 6.06. The molecule has 130 valence electrons. The molecule has 1 aliphatic heterocycles. The molecule has 0 aliphatic carbocycles. The minimum atomic E-state index is -0.0657. The topological polar surface area (TPSA) is 23.6 Å². The lowest BCUT2D eigenvalue weighted by molar-refractivity contribution is 0.104. The molecule has 0 aromatic heterocycles. The van der Waals surface area contributed by atoms with E-state index in [9.17, 15) is 4.79 Å². The number of carbonyl (C=O) groups is 1. The molecule has 1 aliphatic rings. The maximum absolute atomic E-state index is 12.2. The third kappa shape index (κ3) is 4.85. The Hall–Kier alpha value is -1.81. The first-order chi connectivity index (χ1) is 12.1. The van der Waals surface area contributed by atoms with Crippen LogP contribution in [0, 0.1) is 0 Å². The maximum atomic E-state index is 12.2. The Morgan fingerprint density at radius 3 is 2.24 bits per heavy atom. The number of hydrogen-bond donors (Lipinski definition) is 0. The standard InChI is InChI=1S/C20H20Cl2N2O/c21-18-7-3-1-5-16(18)15-24-13-11-23(12-14-24)10-9-20(25)17-6-2-4-8-19(17)22/h1-10H,11-15H2. The molecule has 0 saturated carbocycles. The van der Waals surface area contributed by atoms with E-state index in [1.807, 2.05) is 36.5 Å². The summed E-state index contributed by atoms with van der Waals surface area (Å²) >= 11 is 12.3. The molecule has 3 rings (SSSR count). The highest BCUT2D eigenvalue weighted by Gasteiger charge is 2.16. The Labute approximate surface area is 158 Å². The van der Waals surface area contributed by atoms with Crippen molar-refractivity contribution >= 4 is 29.0 Å². The summed E-state index contributed by atoms with van der Waals surface area (Å²) in [5.74, 6) is -0.0657. The van der Waals surface area contributed by atoms with E-state index in [0.717, 1.165) is 43.3 Å². The average molecular weight is 375 g/mol. The molecule has 1 heterocycles. The van der Waals surface area contributed by atoms with Crippen LogP contribution in [0.25, 0.3) is 0 Å². The zero-order valence-electron chi connectivity index (χ0n) is 13.9. The van der Waals surface area contributed by atoms with Crippen LogP contribution >= 0.6 is 23.2 Å². The highest BCUT2D eigenvalue weighted by Crippen LogP contribution is 2.18. The molecule has 0 N–H and O–H groups in total. The van der Waals surface area contributed by atoms with Gasteiger partial charge in [-0.2, -0.15) is 0 Å². The van der Waals surface area contributed by atoms with Crippen molar-refractivity contribution in [3.05, 3.63) is 82.0 Å². The summed E-state index contributed by atoms with van der Waals surface area (Å²) in [7, 11) is 0. The van der Waals surface area contributed by atoms with Crippen molar-refractivity contribution in [3.8, 4) is 0 Å². The Balaban J connectivity index is 1.52. The molecule has 0 spiro atoms. The lowest BCUT2D eigenvalue weighted by Crippen LogP contribution is -2.43. The zero-order chi connectivity index (χ0) is 17.6. The number of hydrogen-bond acceptors (Lipinski definition) is 3. The van der Waals surface area contributed by atoms with Gasteiger partial charge in [0.05, 0.1) is 5.02 Å². The number of ketones is 1. The molecule has 25 heavy (non-hydrogen) atoms. The smallest absolute Gasteiger partial charge is 0.188 e. The van der Waals surface area contributed by atoms with Gasteiger partial charge in [0.15, 0.2) is 5.78 Å². The second kappa shape index (κ2) is 8.52. The second-order valence-corrected chi connectivity index (χ2v) is 6.88. The fourth-order valence-corrected chi connectivity index (χ4v) is 3.29. The number of rotatable bonds is 5. The van der Waals surface area contributed by atoms with Crippen LogP contribution in [-0.4, -0.2) is 41.8 Å². The van der Waals surface area contributed by atoms with Crippen molar-refractivity contribution < 1.29 is 4.79 Å². The quantitative estimate of drug-likeness (QED) is 0.568. The molecular formula is C20H20Cl2N2O. The fraction of sp³-hybridized carbons (Fsp3) is 0.250. The van der Waals surface area contributed by atoms with Crippen molar-refractivity contribution in [2.75, 3.05) is 26.2 Å². The highest BCUT2D eigenvalue weighted by atomic mass is 35.5. The molecule has 0 bridgehead atoms. The molecular weight excluding hydrogens is 355 g/mol. The van der Waals surface area contributed by atoms with Gasteiger partial charge in [0.2, 0.25) is 0 Å². The number of halogens is 2. The number of benzene rings is 2. The Kier molecular flexibility index (Phi) is 6.14. The van der Waals surface area contributed by atoms with E-state index in [0.29, 0.717) is 10.6 Å². The minimum absolute atomic E-state index is 0.0657. The average Bonchev–Trinajstić information content (AvgIpc) is 2.63. The van der Waals surface area contributed by atoms with Crippen molar-refractivity contribution in [2.24, 2.45) is 0 Å². The molecule has 2 aromatic rings. The first-order valence-corrected chi connectivity index (χ1v) is 9.06. The molecule has 2 aromatic carbocycles. The van der Waals surface area contributed by atoms with Gasteiger partial charge in [0.1, 0.15) is 0 Å². The summed E-state index contributed by atoms with van der Waals surface area (Å²) in [5.41, 5.74) is 1.69. The van der Waals surface area contributed by atoms with Crippen LogP contribution in [0.4, 0.5) is 0 Å². The van der Waals surface area contributed by atoms with E-state index < -0.39 is 0 Å². The van der Waals surface area contributed by atoms with Gasteiger partial charge >= 0.3 is 0 Å². The molecule has 1 saturated heterocycles. The summed E-state index contributed by atoms with van der Waals surface area (Å²) in [6.07, 6.45) is 3.48. The van der Waals surface area contributed by atoms with Gasteiger partial charge in [-0.25, -0.2) is 0 Å². The zero-order valence-corrected chi connectivity index (χ0v) is 15.4. The molecule has 1 fully saturated rings. The summed E-state index contributed by atoms with van der Waals surface area (Å²) in [5, 5.41) is 1.30. The lowest BCUT2D eigenvalue weighted by Gasteiger charge is -2.34. The Morgan fingerprint density at radius 1 is 0.920 bits per heavy atom. The number of nitrogens with zero attached hydrogens (tertiary/aromatic N) is 2. The normalized spacial score (nSPS) is 15.7. The maximum Gasteiger partial charge on any atom is 0.188 e. The van der Waals surface area contributed by atoms with E-state index in [2.05, 4.69) is 15.9 Å². The summed E-state index contributed by atoms with van der Waals surface area (Å²) in [6.45, 7) is 4.51. The van der Waals surface area contributed by atoms with Gasteiger partial charge in [-0.1, -0.05) is 53.5 Å². The van der Waals surface area contributed by atoms with Crippen LogP contribution < -0.4 is 0 Å². The number of carbonyl (C=O) groups excluding carboxylic acids is 1. The molecule has 0 unspecified atom stereocenters. The Morgan fingerprint density at radius 2 is 1.56 bits per heavy atom. The van der Waals surface area contributed by atoms with Crippen LogP contribution in [0.5, 0.6) is 0 Å². The minimum Gasteiger partial charge on any atom is -0.375 e. The van der Waals surface area contributed by atoms with Gasteiger partial charge in [-0.05, 0) is 23.8 Å². The molecule has 0 atom stereocenters. The Bertz CT molecular complexity index is 768. The number of piperazine rings is 1. The predicted octanol–water partition coefficient (Wildman–Crippen LogP) is 4.51. The third-order valence-electron chi connectivity index (χ3n) is 4.33. The van der Waals surface area contributed by atoms with Gasteiger partial charge < -0.3 is 4.90 Å². The van der Waals surface area contributed by atoms with Crippen LogP contribution in [0.3, 0.4) is 0 Å². The van der Waals surface area contributed by atoms with E-state index in [1.165, 1.54) is 0 Å². The number of allylic oxidation sites excluding steroid dienone is 1. The molecule has 5 heteroatoms. The molecule has 3 nitrogen and oxygen atoms in total. The third-order valence-corrected chi connectivity index (χ3v) is 5.03.